The lowest BCUT2D eigenvalue weighted by Crippen LogP contribution is -2.43. The summed E-state index contributed by atoms with van der Waals surface area (Å²) in [6, 6.07) is 7.76. The van der Waals surface area contributed by atoms with Gasteiger partial charge in [0.15, 0.2) is 0 Å². The number of carbonyl (C=O) groups is 2. The zero-order valence-electron chi connectivity index (χ0n) is 12.5. The van der Waals surface area contributed by atoms with Gasteiger partial charge in [-0.25, -0.2) is 4.79 Å². The Bertz CT molecular complexity index is 533. The Hall–Kier alpha value is -2.08. The largest absolute Gasteiger partial charge is 0.481 e. The highest BCUT2D eigenvalue weighted by molar-refractivity contribution is 5.75. The molecule has 1 aromatic rings. The zero-order valence-corrected chi connectivity index (χ0v) is 12.5. The molecule has 0 bridgehead atoms. The number of nitrogens with one attached hydrogen (secondary N) is 1. The van der Waals surface area contributed by atoms with Gasteiger partial charge in [0.25, 0.3) is 0 Å². The van der Waals surface area contributed by atoms with Crippen molar-refractivity contribution in [1.29, 1.82) is 0 Å². The first-order valence-corrected chi connectivity index (χ1v) is 7.58. The van der Waals surface area contributed by atoms with E-state index >= 15 is 0 Å². The monoisotopic (exact) mass is 306 g/mol. The van der Waals surface area contributed by atoms with Crippen LogP contribution in [0, 0.1) is 0 Å². The average molecular weight is 306 g/mol. The van der Waals surface area contributed by atoms with Gasteiger partial charge in [-0.1, -0.05) is 24.3 Å². The van der Waals surface area contributed by atoms with Crippen LogP contribution < -0.4 is 5.32 Å². The number of hydrogen-bond donors (Lipinski definition) is 3. The summed E-state index contributed by atoms with van der Waals surface area (Å²) in [6.45, 7) is 0.492. The van der Waals surface area contributed by atoms with Gasteiger partial charge >= 0.3 is 12.0 Å². The van der Waals surface area contributed by atoms with Crippen LogP contribution in [0.5, 0.6) is 0 Å². The van der Waals surface area contributed by atoms with Gasteiger partial charge in [0.2, 0.25) is 0 Å². The van der Waals surface area contributed by atoms with Gasteiger partial charge in [-0.3, -0.25) is 4.79 Å². The number of carboxylic acid groups (broad SMARTS) is 1. The summed E-state index contributed by atoms with van der Waals surface area (Å²) in [5.41, 5.74) is 2.38. The van der Waals surface area contributed by atoms with Crippen molar-refractivity contribution in [3.63, 3.8) is 0 Å². The molecule has 1 aliphatic rings. The van der Waals surface area contributed by atoms with Crippen LogP contribution in [0.1, 0.15) is 36.4 Å². The van der Waals surface area contributed by atoms with Gasteiger partial charge in [0.1, 0.15) is 0 Å². The molecule has 6 nitrogen and oxygen atoms in total. The SMILES string of the molecule is O=C(O)CCCNC(=O)N(CCO)C1CCc2ccccc21. The normalized spacial score (nSPS) is 16.1. The predicted molar refractivity (Wildman–Crippen MR) is 81.6 cm³/mol. The Morgan fingerprint density at radius 3 is 2.82 bits per heavy atom. The highest BCUT2D eigenvalue weighted by Crippen LogP contribution is 2.35. The molecule has 0 aliphatic heterocycles. The second kappa shape index (κ2) is 7.79. The average Bonchev–Trinajstić information content (AvgIpc) is 2.92. The molecule has 2 amide bonds. The maximum absolute atomic E-state index is 12.3. The van der Waals surface area contributed by atoms with E-state index in [0.717, 1.165) is 18.4 Å². The number of aryl methyl sites for hydroxylation is 1. The molecule has 0 heterocycles. The molecule has 1 aliphatic carbocycles. The van der Waals surface area contributed by atoms with Gasteiger partial charge in [-0.15, -0.1) is 0 Å². The van der Waals surface area contributed by atoms with Crippen molar-refractivity contribution in [3.05, 3.63) is 35.4 Å². The molecule has 2 rings (SSSR count). The minimum absolute atomic E-state index is 0.0252. The Labute approximate surface area is 129 Å². The molecular weight excluding hydrogens is 284 g/mol. The minimum atomic E-state index is -0.869. The molecule has 0 saturated heterocycles. The summed E-state index contributed by atoms with van der Waals surface area (Å²) in [5, 5.41) is 20.6. The van der Waals surface area contributed by atoms with Crippen LogP contribution in [-0.4, -0.2) is 46.8 Å². The summed E-state index contributed by atoms with van der Waals surface area (Å²) in [7, 11) is 0. The molecule has 0 aromatic heterocycles. The van der Waals surface area contributed by atoms with Gasteiger partial charge in [0.05, 0.1) is 12.6 Å². The number of urea groups is 1. The summed E-state index contributed by atoms with van der Waals surface area (Å²) >= 11 is 0. The van der Waals surface area contributed by atoms with Crippen LogP contribution >= 0.6 is 0 Å². The molecule has 22 heavy (non-hydrogen) atoms. The Morgan fingerprint density at radius 1 is 1.32 bits per heavy atom. The van der Waals surface area contributed by atoms with E-state index in [1.165, 1.54) is 5.56 Å². The second-order valence-electron chi connectivity index (χ2n) is 5.40. The number of fused-ring (bicyclic) bond motifs is 1. The van der Waals surface area contributed by atoms with E-state index in [1.54, 1.807) is 4.90 Å². The third-order valence-corrected chi connectivity index (χ3v) is 3.92. The van der Waals surface area contributed by atoms with Crippen LogP contribution in [0.15, 0.2) is 24.3 Å². The molecule has 3 N–H and O–H groups in total. The Morgan fingerprint density at radius 2 is 2.09 bits per heavy atom. The second-order valence-corrected chi connectivity index (χ2v) is 5.40. The molecule has 120 valence electrons. The number of aliphatic carboxylic acids is 1. The van der Waals surface area contributed by atoms with Crippen LogP contribution in [0.2, 0.25) is 0 Å². The van der Waals surface area contributed by atoms with E-state index in [0.29, 0.717) is 13.0 Å². The van der Waals surface area contributed by atoms with Crippen LogP contribution in [-0.2, 0) is 11.2 Å². The van der Waals surface area contributed by atoms with Crippen molar-refractivity contribution in [3.8, 4) is 0 Å². The lowest BCUT2D eigenvalue weighted by atomic mass is 10.1. The predicted octanol–water partition coefficient (Wildman–Crippen LogP) is 1.54. The molecule has 1 atom stereocenters. The van der Waals surface area contributed by atoms with Crippen LogP contribution in [0.3, 0.4) is 0 Å². The van der Waals surface area contributed by atoms with E-state index < -0.39 is 5.97 Å². The van der Waals surface area contributed by atoms with Crippen LogP contribution in [0.4, 0.5) is 4.79 Å². The molecule has 0 saturated carbocycles. The van der Waals surface area contributed by atoms with Crippen LogP contribution in [0.25, 0.3) is 0 Å². The topological polar surface area (TPSA) is 89.9 Å². The first-order chi connectivity index (χ1) is 10.6. The number of benzene rings is 1. The van der Waals surface area contributed by atoms with E-state index in [-0.39, 0.29) is 31.6 Å². The first-order valence-electron chi connectivity index (χ1n) is 7.58. The van der Waals surface area contributed by atoms with Crippen molar-refractivity contribution < 1.29 is 19.8 Å². The molecule has 6 heteroatoms. The number of carbonyl (C=O) groups excluding carboxylic acids is 1. The Kier molecular flexibility index (Phi) is 5.77. The molecule has 0 spiro atoms. The summed E-state index contributed by atoms with van der Waals surface area (Å²) in [5.74, 6) is -0.869. The van der Waals surface area contributed by atoms with Crippen molar-refractivity contribution in [2.45, 2.75) is 31.7 Å². The van der Waals surface area contributed by atoms with Crippen molar-refractivity contribution in [2.75, 3.05) is 19.7 Å². The maximum atomic E-state index is 12.3. The lowest BCUT2D eigenvalue weighted by molar-refractivity contribution is -0.137. The fraction of sp³-hybridized carbons (Fsp3) is 0.500. The van der Waals surface area contributed by atoms with E-state index in [9.17, 15) is 14.7 Å². The lowest BCUT2D eigenvalue weighted by Gasteiger charge is -2.29. The number of carboxylic acids is 1. The standard InChI is InChI=1S/C16H22N2O4/c19-11-10-18(16(22)17-9-3-6-15(20)21)14-8-7-12-4-1-2-5-13(12)14/h1-2,4-5,14,19H,3,6-11H2,(H,17,22)(H,20,21). The molecule has 1 unspecified atom stereocenters. The molecule has 1 aromatic carbocycles. The Balaban J connectivity index is 1.98. The number of aliphatic hydroxyl groups is 1. The van der Waals surface area contributed by atoms with Crippen molar-refractivity contribution in [2.24, 2.45) is 0 Å². The fourth-order valence-electron chi connectivity index (χ4n) is 2.90. The number of nitrogens with zero attached hydrogens (tertiary/aromatic N) is 1. The number of hydrogen-bond acceptors (Lipinski definition) is 3. The summed E-state index contributed by atoms with van der Waals surface area (Å²) in [4.78, 5) is 24.4. The van der Waals surface area contributed by atoms with E-state index in [4.69, 9.17) is 5.11 Å². The van der Waals surface area contributed by atoms with Gasteiger partial charge in [-0.05, 0) is 30.4 Å². The molecular formula is C16H22N2O4. The molecule has 0 radical (unpaired) electrons. The van der Waals surface area contributed by atoms with Gasteiger partial charge in [0, 0.05) is 19.5 Å². The van der Waals surface area contributed by atoms with E-state index in [1.807, 2.05) is 18.2 Å². The number of amides is 2. The first kappa shape index (κ1) is 16.3. The zero-order chi connectivity index (χ0) is 15.9. The highest BCUT2D eigenvalue weighted by atomic mass is 16.4. The third kappa shape index (κ3) is 3.98. The van der Waals surface area contributed by atoms with Crippen molar-refractivity contribution >= 4 is 12.0 Å². The minimum Gasteiger partial charge on any atom is -0.481 e. The third-order valence-electron chi connectivity index (χ3n) is 3.92. The molecule has 0 fully saturated rings. The highest BCUT2D eigenvalue weighted by Gasteiger charge is 2.30. The van der Waals surface area contributed by atoms with Gasteiger partial charge in [-0.2, -0.15) is 0 Å². The smallest absolute Gasteiger partial charge is 0.317 e. The summed E-state index contributed by atoms with van der Waals surface area (Å²) in [6.07, 6.45) is 2.21. The van der Waals surface area contributed by atoms with E-state index in [2.05, 4.69) is 11.4 Å². The fourth-order valence-corrected chi connectivity index (χ4v) is 2.90. The maximum Gasteiger partial charge on any atom is 0.317 e. The number of rotatable bonds is 7. The quantitative estimate of drug-likeness (QED) is 0.667. The number of aliphatic hydroxyl groups excluding tert-OH is 1. The van der Waals surface area contributed by atoms with Gasteiger partial charge < -0.3 is 20.4 Å². The summed E-state index contributed by atoms with van der Waals surface area (Å²) < 4.78 is 0. The van der Waals surface area contributed by atoms with Crippen molar-refractivity contribution in [1.82, 2.24) is 10.2 Å².